The van der Waals surface area contributed by atoms with Crippen molar-refractivity contribution in [3.05, 3.63) is 88.0 Å². The second kappa shape index (κ2) is 15.1. The summed E-state index contributed by atoms with van der Waals surface area (Å²) in [6.07, 6.45) is 6.61. The average molecular weight is 861 g/mol. The van der Waals surface area contributed by atoms with Gasteiger partial charge in [0.1, 0.15) is 0 Å². The molecule has 0 aliphatic carbocycles. The second-order valence-corrected chi connectivity index (χ2v) is 23.3. The Bertz CT molecular complexity index is 1400. The van der Waals surface area contributed by atoms with Gasteiger partial charge in [0.2, 0.25) is 0 Å². The third-order valence-corrected chi connectivity index (χ3v) is 22.4. The molecule has 6 heterocycles. The Morgan fingerprint density at radius 3 is 0.857 bits per heavy atom. The van der Waals surface area contributed by atoms with E-state index < -0.39 is 21.8 Å². The SMILES string of the molecule is c1cc(C2CCOC2)c(C2CCOC2)[c]([Bi]([c]2cccc(C3CCOC3)c2C2CCOC2)[c]2cccc(C3CCOC3)c2C2CCOC2)c1. The monoisotopic (exact) mass is 860 g/mol. The molecule has 3 aromatic rings. The minimum absolute atomic E-state index is 0.429. The topological polar surface area (TPSA) is 55.4 Å². The van der Waals surface area contributed by atoms with E-state index in [1.54, 1.807) is 26.5 Å². The third kappa shape index (κ3) is 6.49. The quantitative estimate of drug-likeness (QED) is 0.276. The van der Waals surface area contributed by atoms with E-state index in [1.807, 2.05) is 0 Å². The maximum atomic E-state index is 6.19. The van der Waals surface area contributed by atoms with Crippen molar-refractivity contribution < 1.29 is 28.4 Å². The maximum absolute atomic E-state index is 6.19. The van der Waals surface area contributed by atoms with Gasteiger partial charge in [-0.05, 0) is 0 Å². The van der Waals surface area contributed by atoms with Gasteiger partial charge in [-0.3, -0.25) is 0 Å². The summed E-state index contributed by atoms with van der Waals surface area (Å²) < 4.78 is 41.7. The zero-order valence-electron chi connectivity index (χ0n) is 28.8. The zero-order valence-corrected chi connectivity index (χ0v) is 32.3. The van der Waals surface area contributed by atoms with E-state index in [1.165, 1.54) is 16.7 Å². The molecule has 0 radical (unpaired) electrons. The van der Waals surface area contributed by atoms with Crippen LogP contribution in [0.5, 0.6) is 0 Å². The molecule has 0 saturated carbocycles. The molecule has 0 aromatic heterocycles. The van der Waals surface area contributed by atoms with Crippen LogP contribution in [0.3, 0.4) is 0 Å². The van der Waals surface area contributed by atoms with Crippen LogP contribution in [0.15, 0.2) is 54.6 Å². The van der Waals surface area contributed by atoms with Gasteiger partial charge in [0.05, 0.1) is 0 Å². The van der Waals surface area contributed by atoms with Gasteiger partial charge >= 0.3 is 301 Å². The molecule has 6 fully saturated rings. The van der Waals surface area contributed by atoms with Gasteiger partial charge in [-0.25, -0.2) is 0 Å². The van der Waals surface area contributed by atoms with Crippen LogP contribution in [0, 0.1) is 0 Å². The first-order valence-electron chi connectivity index (χ1n) is 19.0. The summed E-state index contributed by atoms with van der Waals surface area (Å²) >= 11 is -3.11. The molecule has 6 aliphatic heterocycles. The van der Waals surface area contributed by atoms with Crippen LogP contribution in [0.1, 0.15) is 107 Å². The summed E-state index contributed by atoms with van der Waals surface area (Å²) in [6, 6.07) is 22.2. The average Bonchev–Trinajstić information content (AvgIpc) is 3.99. The van der Waals surface area contributed by atoms with E-state index >= 15 is 0 Å². The van der Waals surface area contributed by atoms with Crippen molar-refractivity contribution in [1.82, 2.24) is 0 Å². The molecule has 6 aliphatic rings. The Morgan fingerprint density at radius 2 is 0.612 bits per heavy atom. The molecule has 6 atom stereocenters. The fourth-order valence-electron chi connectivity index (χ4n) is 9.71. The van der Waals surface area contributed by atoms with Crippen LogP contribution in [-0.4, -0.2) is 101 Å². The van der Waals surface area contributed by atoms with E-state index in [-0.39, 0.29) is 0 Å². The Labute approximate surface area is 299 Å². The molecular weight excluding hydrogens is 809 g/mol. The predicted octanol–water partition coefficient (Wildman–Crippen LogP) is 5.23. The van der Waals surface area contributed by atoms with Crippen molar-refractivity contribution >= 4 is 31.6 Å². The van der Waals surface area contributed by atoms with Crippen molar-refractivity contribution in [2.24, 2.45) is 0 Å². The fraction of sp³-hybridized carbons (Fsp3) is 0.571. The van der Waals surface area contributed by atoms with Crippen LogP contribution in [0.25, 0.3) is 0 Å². The molecule has 260 valence electrons. The van der Waals surface area contributed by atoms with Gasteiger partial charge < -0.3 is 0 Å². The molecule has 6 saturated heterocycles. The minimum atomic E-state index is -3.11. The van der Waals surface area contributed by atoms with Crippen LogP contribution in [0.4, 0.5) is 0 Å². The summed E-state index contributed by atoms with van der Waals surface area (Å²) in [5.74, 6) is 2.65. The number of benzene rings is 3. The molecule has 9 rings (SSSR count). The van der Waals surface area contributed by atoms with Gasteiger partial charge in [-0.15, -0.1) is 0 Å². The first kappa shape index (κ1) is 33.2. The van der Waals surface area contributed by atoms with Crippen LogP contribution >= 0.6 is 0 Å². The summed E-state index contributed by atoms with van der Waals surface area (Å²) in [6.45, 7) is 10.1. The molecule has 0 bridgehead atoms. The van der Waals surface area contributed by atoms with Crippen molar-refractivity contribution in [2.75, 3.05) is 79.3 Å². The predicted molar refractivity (Wildman–Crippen MR) is 193 cm³/mol. The van der Waals surface area contributed by atoms with E-state index in [0.717, 1.165) is 118 Å². The third-order valence-electron chi connectivity index (χ3n) is 12.2. The van der Waals surface area contributed by atoms with Gasteiger partial charge in [0.15, 0.2) is 0 Å². The first-order chi connectivity index (χ1) is 24.3. The summed E-state index contributed by atoms with van der Waals surface area (Å²) in [7, 11) is 0. The molecule has 3 aromatic carbocycles. The van der Waals surface area contributed by atoms with Crippen LogP contribution in [-0.2, 0) is 28.4 Å². The van der Waals surface area contributed by atoms with Crippen molar-refractivity contribution in [3.63, 3.8) is 0 Å². The number of hydrogen-bond donors (Lipinski definition) is 0. The molecule has 6 unspecified atom stereocenters. The molecule has 0 amide bonds. The van der Waals surface area contributed by atoms with Gasteiger partial charge in [0.25, 0.3) is 0 Å². The van der Waals surface area contributed by atoms with Gasteiger partial charge in [0, 0.05) is 0 Å². The molecule has 6 nitrogen and oxygen atoms in total. The van der Waals surface area contributed by atoms with Crippen LogP contribution < -0.4 is 9.81 Å². The van der Waals surface area contributed by atoms with Gasteiger partial charge in [-0.2, -0.15) is 0 Å². The Hall–Kier alpha value is -1.70. The Morgan fingerprint density at radius 1 is 0.347 bits per heavy atom. The van der Waals surface area contributed by atoms with E-state index in [0.29, 0.717) is 35.5 Å². The van der Waals surface area contributed by atoms with Crippen molar-refractivity contribution in [3.8, 4) is 0 Å². The summed E-state index contributed by atoms with van der Waals surface area (Å²) in [5, 5.41) is 0. The molecule has 0 N–H and O–H groups in total. The van der Waals surface area contributed by atoms with E-state index in [9.17, 15) is 0 Å². The summed E-state index contributed by atoms with van der Waals surface area (Å²) in [5.41, 5.74) is 9.42. The van der Waals surface area contributed by atoms with E-state index in [4.69, 9.17) is 28.4 Å². The normalized spacial score (nSPS) is 30.3. The summed E-state index contributed by atoms with van der Waals surface area (Å²) in [4.78, 5) is 0. The molecule has 0 spiro atoms. The standard InChI is InChI=1S/3C14H17O2.Bi/c3*1-2-4-14(12-6-8-16-10-12)13(3-1)11-5-7-15-9-11;/h3*1-3,11-12H,5-10H2;. The number of rotatable bonds is 9. The molecule has 7 heteroatoms. The number of ether oxygens (including phenoxy) is 6. The number of hydrogen-bond acceptors (Lipinski definition) is 6. The molecular formula is C42H51BiO6. The first-order valence-corrected chi connectivity index (χ1v) is 24.2. The Kier molecular flexibility index (Phi) is 10.2. The second-order valence-electron chi connectivity index (χ2n) is 15.0. The van der Waals surface area contributed by atoms with Crippen LogP contribution in [0.2, 0.25) is 0 Å². The van der Waals surface area contributed by atoms with E-state index in [2.05, 4.69) is 54.6 Å². The van der Waals surface area contributed by atoms with Gasteiger partial charge in [-0.1, -0.05) is 0 Å². The molecule has 49 heavy (non-hydrogen) atoms. The van der Waals surface area contributed by atoms with Crippen molar-refractivity contribution in [1.29, 1.82) is 0 Å². The van der Waals surface area contributed by atoms with Crippen molar-refractivity contribution in [2.45, 2.75) is 74.0 Å². The Balaban J connectivity index is 1.32. The zero-order chi connectivity index (χ0) is 32.6. The fourth-order valence-corrected chi connectivity index (χ4v) is 21.9.